The van der Waals surface area contributed by atoms with E-state index in [1.165, 1.54) is 24.0 Å². The van der Waals surface area contributed by atoms with Crippen molar-refractivity contribution in [2.45, 2.75) is 46.1 Å². The van der Waals surface area contributed by atoms with Crippen molar-refractivity contribution in [2.75, 3.05) is 13.1 Å². The van der Waals surface area contributed by atoms with Gasteiger partial charge in [-0.15, -0.1) is 0 Å². The maximum atomic E-state index is 12.3. The van der Waals surface area contributed by atoms with Crippen LogP contribution in [-0.2, 0) is 4.79 Å². The van der Waals surface area contributed by atoms with E-state index in [2.05, 4.69) is 43.5 Å². The monoisotopic (exact) mass is 288 g/mol. The van der Waals surface area contributed by atoms with Crippen LogP contribution < -0.4 is 10.6 Å². The molecule has 0 bridgehead atoms. The molecule has 0 aliphatic carbocycles. The average Bonchev–Trinajstić information content (AvgIpc) is 2.48. The average molecular weight is 288 g/mol. The number of rotatable bonds is 5. The zero-order chi connectivity index (χ0) is 15.2. The Labute approximate surface area is 128 Å². The molecule has 1 aromatic carbocycles. The van der Waals surface area contributed by atoms with Crippen molar-refractivity contribution in [3.63, 3.8) is 0 Å². The molecule has 0 spiro atoms. The number of hydrogen-bond acceptors (Lipinski definition) is 2. The Hall–Kier alpha value is -1.35. The smallest absolute Gasteiger partial charge is 0.220 e. The Balaban J connectivity index is 1.85. The molecule has 1 heterocycles. The summed E-state index contributed by atoms with van der Waals surface area (Å²) in [4.78, 5) is 12.3. The SMILES string of the molecule is Cc1ccccc1[C@@H](C)NC(=O)CC(C)C1CCCNC1. The molecule has 1 fully saturated rings. The van der Waals surface area contributed by atoms with Crippen LogP contribution in [0.2, 0.25) is 0 Å². The Bertz CT molecular complexity index is 466. The van der Waals surface area contributed by atoms with E-state index >= 15 is 0 Å². The highest BCUT2D eigenvalue weighted by Crippen LogP contribution is 2.23. The Morgan fingerprint density at radius 2 is 2.14 bits per heavy atom. The van der Waals surface area contributed by atoms with E-state index < -0.39 is 0 Å². The molecule has 1 amide bonds. The molecular weight excluding hydrogens is 260 g/mol. The summed E-state index contributed by atoms with van der Waals surface area (Å²) < 4.78 is 0. The standard InChI is InChI=1S/C18H28N2O/c1-13-7-4-5-9-17(13)15(3)20-18(21)11-14(2)16-8-6-10-19-12-16/h4-5,7,9,14-16,19H,6,8,10-12H2,1-3H3,(H,20,21)/t14?,15-,16?/m1/s1. The molecule has 1 aliphatic heterocycles. The van der Waals surface area contributed by atoms with Crippen LogP contribution in [0.4, 0.5) is 0 Å². The van der Waals surface area contributed by atoms with Crippen LogP contribution in [0.3, 0.4) is 0 Å². The number of carbonyl (C=O) groups excluding carboxylic acids is 1. The molecule has 1 saturated heterocycles. The van der Waals surface area contributed by atoms with Gasteiger partial charge in [-0.1, -0.05) is 31.2 Å². The molecule has 21 heavy (non-hydrogen) atoms. The molecule has 0 radical (unpaired) electrons. The number of benzene rings is 1. The van der Waals surface area contributed by atoms with E-state index in [-0.39, 0.29) is 11.9 Å². The number of amides is 1. The lowest BCUT2D eigenvalue weighted by molar-refractivity contribution is -0.123. The summed E-state index contributed by atoms with van der Waals surface area (Å²) in [5, 5.41) is 6.58. The lowest BCUT2D eigenvalue weighted by Crippen LogP contribution is -2.36. The first kappa shape index (κ1) is 16.0. The van der Waals surface area contributed by atoms with Crippen molar-refractivity contribution in [1.82, 2.24) is 10.6 Å². The predicted molar refractivity (Wildman–Crippen MR) is 87.1 cm³/mol. The van der Waals surface area contributed by atoms with Crippen molar-refractivity contribution in [3.8, 4) is 0 Å². The topological polar surface area (TPSA) is 41.1 Å². The van der Waals surface area contributed by atoms with Gasteiger partial charge in [0.25, 0.3) is 0 Å². The number of carbonyl (C=O) groups is 1. The minimum atomic E-state index is 0.0791. The van der Waals surface area contributed by atoms with Gasteiger partial charge in [-0.05, 0) is 62.7 Å². The Morgan fingerprint density at radius 3 is 2.81 bits per heavy atom. The third kappa shape index (κ3) is 4.57. The van der Waals surface area contributed by atoms with E-state index in [4.69, 9.17) is 0 Å². The van der Waals surface area contributed by atoms with Gasteiger partial charge in [0.2, 0.25) is 5.91 Å². The fourth-order valence-electron chi connectivity index (χ4n) is 3.27. The summed E-state index contributed by atoms with van der Waals surface area (Å²) in [6, 6.07) is 8.33. The van der Waals surface area contributed by atoms with Gasteiger partial charge >= 0.3 is 0 Å². The molecule has 3 atom stereocenters. The zero-order valence-corrected chi connectivity index (χ0v) is 13.5. The highest BCUT2D eigenvalue weighted by atomic mass is 16.1. The molecule has 2 N–H and O–H groups in total. The summed E-state index contributed by atoms with van der Waals surface area (Å²) in [6.07, 6.45) is 3.10. The normalized spacial score (nSPS) is 21.6. The fraction of sp³-hybridized carbons (Fsp3) is 0.611. The number of aryl methyl sites for hydroxylation is 1. The molecule has 3 nitrogen and oxygen atoms in total. The first-order valence-electron chi connectivity index (χ1n) is 8.13. The third-order valence-corrected chi connectivity index (χ3v) is 4.68. The zero-order valence-electron chi connectivity index (χ0n) is 13.5. The van der Waals surface area contributed by atoms with Crippen molar-refractivity contribution < 1.29 is 4.79 Å². The predicted octanol–water partition coefficient (Wildman–Crippen LogP) is 3.20. The molecule has 1 aliphatic rings. The van der Waals surface area contributed by atoms with Crippen LogP contribution in [0.25, 0.3) is 0 Å². The second-order valence-electron chi connectivity index (χ2n) is 6.43. The molecular formula is C18H28N2O. The van der Waals surface area contributed by atoms with Gasteiger partial charge in [0.05, 0.1) is 6.04 Å². The van der Waals surface area contributed by atoms with Gasteiger partial charge in [0, 0.05) is 6.42 Å². The summed E-state index contributed by atoms with van der Waals surface area (Å²) >= 11 is 0. The minimum absolute atomic E-state index is 0.0791. The number of nitrogens with one attached hydrogen (secondary N) is 2. The molecule has 1 aromatic rings. The fourth-order valence-corrected chi connectivity index (χ4v) is 3.27. The number of piperidine rings is 1. The van der Waals surface area contributed by atoms with Crippen molar-refractivity contribution >= 4 is 5.91 Å². The van der Waals surface area contributed by atoms with Crippen molar-refractivity contribution in [2.24, 2.45) is 11.8 Å². The lowest BCUT2D eigenvalue weighted by Gasteiger charge is -2.28. The highest BCUT2D eigenvalue weighted by Gasteiger charge is 2.22. The van der Waals surface area contributed by atoms with Gasteiger partial charge in [-0.2, -0.15) is 0 Å². The number of hydrogen-bond donors (Lipinski definition) is 2. The van der Waals surface area contributed by atoms with Crippen molar-refractivity contribution in [3.05, 3.63) is 35.4 Å². The van der Waals surface area contributed by atoms with Gasteiger partial charge in [-0.25, -0.2) is 0 Å². The van der Waals surface area contributed by atoms with Crippen LogP contribution in [0.15, 0.2) is 24.3 Å². The van der Waals surface area contributed by atoms with E-state index in [1.807, 2.05) is 12.1 Å². The molecule has 2 rings (SSSR count). The van der Waals surface area contributed by atoms with Crippen molar-refractivity contribution in [1.29, 1.82) is 0 Å². The van der Waals surface area contributed by atoms with Crippen LogP contribution in [0.5, 0.6) is 0 Å². The molecule has 0 aromatic heterocycles. The van der Waals surface area contributed by atoms with E-state index in [1.54, 1.807) is 0 Å². The first-order chi connectivity index (χ1) is 10.1. The van der Waals surface area contributed by atoms with Gasteiger partial charge < -0.3 is 10.6 Å². The molecule has 116 valence electrons. The van der Waals surface area contributed by atoms with E-state index in [0.29, 0.717) is 18.3 Å². The second-order valence-corrected chi connectivity index (χ2v) is 6.43. The highest BCUT2D eigenvalue weighted by molar-refractivity contribution is 5.76. The summed E-state index contributed by atoms with van der Waals surface area (Å²) in [6.45, 7) is 8.54. The summed E-state index contributed by atoms with van der Waals surface area (Å²) in [5.74, 6) is 1.25. The van der Waals surface area contributed by atoms with Gasteiger partial charge in [-0.3, -0.25) is 4.79 Å². The molecule has 0 saturated carbocycles. The Kier molecular flexibility index (Phi) is 5.80. The minimum Gasteiger partial charge on any atom is -0.350 e. The second kappa shape index (κ2) is 7.60. The summed E-state index contributed by atoms with van der Waals surface area (Å²) in [5.41, 5.74) is 2.44. The van der Waals surface area contributed by atoms with Crippen LogP contribution >= 0.6 is 0 Å². The largest absolute Gasteiger partial charge is 0.350 e. The summed E-state index contributed by atoms with van der Waals surface area (Å²) in [7, 11) is 0. The Morgan fingerprint density at radius 1 is 1.38 bits per heavy atom. The maximum absolute atomic E-state index is 12.3. The van der Waals surface area contributed by atoms with E-state index in [9.17, 15) is 4.79 Å². The van der Waals surface area contributed by atoms with Gasteiger partial charge in [0.15, 0.2) is 0 Å². The quantitative estimate of drug-likeness (QED) is 0.873. The molecule has 3 heteroatoms. The van der Waals surface area contributed by atoms with Crippen LogP contribution in [-0.4, -0.2) is 19.0 Å². The van der Waals surface area contributed by atoms with E-state index in [0.717, 1.165) is 13.1 Å². The first-order valence-corrected chi connectivity index (χ1v) is 8.13. The van der Waals surface area contributed by atoms with Crippen LogP contribution in [0.1, 0.15) is 50.3 Å². The maximum Gasteiger partial charge on any atom is 0.220 e. The van der Waals surface area contributed by atoms with Crippen LogP contribution in [0, 0.1) is 18.8 Å². The third-order valence-electron chi connectivity index (χ3n) is 4.68. The van der Waals surface area contributed by atoms with Gasteiger partial charge in [0.1, 0.15) is 0 Å². The lowest BCUT2D eigenvalue weighted by atomic mass is 9.85. The molecule has 2 unspecified atom stereocenters.